The fourth-order valence-electron chi connectivity index (χ4n) is 2.74. The van der Waals surface area contributed by atoms with E-state index in [-0.39, 0.29) is 0 Å². The van der Waals surface area contributed by atoms with Gasteiger partial charge in [-0.25, -0.2) is 4.98 Å². The molecule has 0 amide bonds. The molecule has 2 unspecified atom stereocenters. The van der Waals surface area contributed by atoms with Crippen molar-refractivity contribution in [2.45, 2.75) is 58.2 Å². The van der Waals surface area contributed by atoms with E-state index in [0.717, 1.165) is 18.5 Å². The molecule has 1 saturated heterocycles. The molecule has 100 valence electrons. The molecule has 2 fully saturated rings. The lowest BCUT2D eigenvalue weighted by molar-refractivity contribution is 0.377. The predicted molar refractivity (Wildman–Crippen MR) is 77.2 cm³/mol. The van der Waals surface area contributed by atoms with Gasteiger partial charge in [-0.1, -0.05) is 6.92 Å². The van der Waals surface area contributed by atoms with Crippen LogP contribution < -0.4 is 10.2 Å². The minimum absolute atomic E-state index is 0.643. The van der Waals surface area contributed by atoms with Gasteiger partial charge in [0.1, 0.15) is 0 Å². The van der Waals surface area contributed by atoms with Gasteiger partial charge >= 0.3 is 0 Å². The van der Waals surface area contributed by atoms with Crippen molar-refractivity contribution >= 4 is 16.5 Å². The molecular formula is C14H23N3S. The molecule has 1 aromatic rings. The van der Waals surface area contributed by atoms with Gasteiger partial charge in [-0.15, -0.1) is 11.3 Å². The maximum Gasteiger partial charge on any atom is 0.185 e. The van der Waals surface area contributed by atoms with E-state index in [0.29, 0.717) is 6.04 Å². The third-order valence-electron chi connectivity index (χ3n) is 4.07. The van der Waals surface area contributed by atoms with Crippen LogP contribution in [0.4, 0.5) is 5.13 Å². The first-order valence-electron chi connectivity index (χ1n) is 7.17. The molecule has 1 N–H and O–H groups in total. The number of anilines is 1. The molecule has 0 spiro atoms. The Morgan fingerprint density at radius 2 is 2.22 bits per heavy atom. The fraction of sp³-hybridized carbons (Fsp3) is 0.786. The van der Waals surface area contributed by atoms with E-state index in [1.54, 1.807) is 0 Å². The summed E-state index contributed by atoms with van der Waals surface area (Å²) in [6.07, 6.45) is 5.30. The molecule has 2 aliphatic rings. The van der Waals surface area contributed by atoms with Crippen molar-refractivity contribution in [3.63, 3.8) is 0 Å². The summed E-state index contributed by atoms with van der Waals surface area (Å²) in [5, 5.41) is 6.97. The molecule has 4 heteroatoms. The third kappa shape index (κ3) is 2.86. The van der Waals surface area contributed by atoms with E-state index in [4.69, 9.17) is 4.98 Å². The molecule has 1 saturated carbocycles. The first kappa shape index (κ1) is 12.4. The van der Waals surface area contributed by atoms with Gasteiger partial charge in [-0.3, -0.25) is 0 Å². The third-order valence-corrected chi connectivity index (χ3v) is 5.00. The lowest BCUT2D eigenvalue weighted by Crippen LogP contribution is -2.40. The van der Waals surface area contributed by atoms with E-state index in [1.807, 2.05) is 11.3 Å². The van der Waals surface area contributed by atoms with E-state index < -0.39 is 0 Å². The van der Waals surface area contributed by atoms with Gasteiger partial charge in [0, 0.05) is 30.6 Å². The van der Waals surface area contributed by atoms with Crippen LogP contribution in [-0.4, -0.2) is 23.6 Å². The van der Waals surface area contributed by atoms with Crippen molar-refractivity contribution in [2.24, 2.45) is 5.92 Å². The van der Waals surface area contributed by atoms with Gasteiger partial charge in [-0.05, 0) is 38.5 Å². The Hall–Kier alpha value is -0.610. The molecule has 0 aromatic carbocycles. The van der Waals surface area contributed by atoms with Crippen LogP contribution in [0.3, 0.4) is 0 Å². The summed E-state index contributed by atoms with van der Waals surface area (Å²) < 4.78 is 0. The van der Waals surface area contributed by atoms with Crippen LogP contribution in [0.25, 0.3) is 0 Å². The SMILES string of the molecule is CC1CCN(c2nc(CNC3CC3)cs2)C(C)C1. The lowest BCUT2D eigenvalue weighted by Gasteiger charge is -2.36. The van der Waals surface area contributed by atoms with Crippen molar-refractivity contribution in [3.05, 3.63) is 11.1 Å². The largest absolute Gasteiger partial charge is 0.345 e. The van der Waals surface area contributed by atoms with Crippen molar-refractivity contribution in [1.82, 2.24) is 10.3 Å². The Balaban J connectivity index is 1.60. The topological polar surface area (TPSA) is 28.2 Å². The van der Waals surface area contributed by atoms with Crippen LogP contribution in [0.2, 0.25) is 0 Å². The van der Waals surface area contributed by atoms with Crippen molar-refractivity contribution in [3.8, 4) is 0 Å². The molecule has 0 bridgehead atoms. The highest BCUT2D eigenvalue weighted by atomic mass is 32.1. The number of thiazole rings is 1. The normalized spacial score (nSPS) is 28.7. The van der Waals surface area contributed by atoms with E-state index >= 15 is 0 Å². The Kier molecular flexibility index (Phi) is 3.57. The average Bonchev–Trinajstić information content (AvgIpc) is 3.05. The van der Waals surface area contributed by atoms with Crippen LogP contribution in [0.1, 0.15) is 45.2 Å². The Morgan fingerprint density at radius 1 is 1.39 bits per heavy atom. The van der Waals surface area contributed by atoms with Crippen LogP contribution >= 0.6 is 11.3 Å². The van der Waals surface area contributed by atoms with Gasteiger partial charge in [0.05, 0.1) is 5.69 Å². The molecule has 1 aromatic heterocycles. The van der Waals surface area contributed by atoms with Crippen molar-refractivity contribution in [1.29, 1.82) is 0 Å². The Bertz CT molecular complexity index is 399. The second kappa shape index (κ2) is 5.17. The summed E-state index contributed by atoms with van der Waals surface area (Å²) in [5.41, 5.74) is 1.22. The van der Waals surface area contributed by atoms with Crippen LogP contribution in [0, 0.1) is 5.92 Å². The number of rotatable bonds is 4. The van der Waals surface area contributed by atoms with Gasteiger partial charge in [0.2, 0.25) is 0 Å². The molecule has 2 atom stereocenters. The molecule has 2 heterocycles. The van der Waals surface area contributed by atoms with Crippen LogP contribution in [0.15, 0.2) is 5.38 Å². The highest BCUT2D eigenvalue weighted by Crippen LogP contribution is 2.30. The zero-order valence-corrected chi connectivity index (χ0v) is 12.2. The smallest absolute Gasteiger partial charge is 0.185 e. The summed E-state index contributed by atoms with van der Waals surface area (Å²) >= 11 is 1.81. The summed E-state index contributed by atoms with van der Waals surface area (Å²) in [6.45, 7) is 6.81. The number of hydrogen-bond acceptors (Lipinski definition) is 4. The average molecular weight is 265 g/mol. The molecule has 1 aliphatic heterocycles. The minimum Gasteiger partial charge on any atom is -0.345 e. The number of nitrogens with one attached hydrogen (secondary N) is 1. The van der Waals surface area contributed by atoms with Gasteiger partial charge in [0.25, 0.3) is 0 Å². The maximum atomic E-state index is 4.79. The number of nitrogens with zero attached hydrogens (tertiary/aromatic N) is 2. The van der Waals surface area contributed by atoms with E-state index in [2.05, 4.69) is 29.4 Å². The standard InChI is InChI=1S/C14H23N3S/c1-10-5-6-17(11(2)7-10)14-16-13(9-18-14)8-15-12-3-4-12/h9-12,15H,3-8H2,1-2H3. The van der Waals surface area contributed by atoms with Gasteiger partial charge in [-0.2, -0.15) is 0 Å². The van der Waals surface area contributed by atoms with Crippen molar-refractivity contribution < 1.29 is 0 Å². The lowest BCUT2D eigenvalue weighted by atomic mass is 9.94. The fourth-order valence-corrected chi connectivity index (χ4v) is 3.69. The highest BCUT2D eigenvalue weighted by Gasteiger charge is 2.25. The summed E-state index contributed by atoms with van der Waals surface area (Å²) in [6, 6.07) is 1.41. The van der Waals surface area contributed by atoms with E-state index in [1.165, 1.54) is 43.1 Å². The zero-order valence-electron chi connectivity index (χ0n) is 11.4. The first-order valence-corrected chi connectivity index (χ1v) is 8.05. The number of aromatic nitrogens is 1. The zero-order chi connectivity index (χ0) is 12.5. The summed E-state index contributed by atoms with van der Waals surface area (Å²) in [5.74, 6) is 0.868. The second-order valence-electron chi connectivity index (χ2n) is 5.95. The number of hydrogen-bond donors (Lipinski definition) is 1. The van der Waals surface area contributed by atoms with Gasteiger partial charge in [0.15, 0.2) is 5.13 Å². The first-order chi connectivity index (χ1) is 8.72. The van der Waals surface area contributed by atoms with Gasteiger partial charge < -0.3 is 10.2 Å². The second-order valence-corrected chi connectivity index (χ2v) is 6.79. The predicted octanol–water partition coefficient (Wildman–Crippen LogP) is 3.02. The quantitative estimate of drug-likeness (QED) is 0.907. The number of piperidine rings is 1. The Morgan fingerprint density at radius 3 is 2.94 bits per heavy atom. The summed E-state index contributed by atoms with van der Waals surface area (Å²) in [7, 11) is 0. The molecule has 3 nitrogen and oxygen atoms in total. The Labute approximate surface area is 114 Å². The monoisotopic (exact) mass is 265 g/mol. The van der Waals surface area contributed by atoms with Crippen molar-refractivity contribution in [2.75, 3.05) is 11.4 Å². The summed E-state index contributed by atoms with van der Waals surface area (Å²) in [4.78, 5) is 7.28. The minimum atomic E-state index is 0.643. The highest BCUT2D eigenvalue weighted by molar-refractivity contribution is 7.13. The maximum absolute atomic E-state index is 4.79. The molecular weight excluding hydrogens is 242 g/mol. The molecule has 3 rings (SSSR count). The van der Waals surface area contributed by atoms with E-state index in [9.17, 15) is 0 Å². The molecule has 1 aliphatic carbocycles. The molecule has 0 radical (unpaired) electrons. The van der Waals surface area contributed by atoms with Crippen LogP contribution in [0.5, 0.6) is 0 Å². The van der Waals surface area contributed by atoms with Crippen LogP contribution in [-0.2, 0) is 6.54 Å². The molecule has 18 heavy (non-hydrogen) atoms.